The fourth-order valence-corrected chi connectivity index (χ4v) is 2.32. The van der Waals surface area contributed by atoms with Gasteiger partial charge < -0.3 is 15.0 Å². The molecule has 0 bridgehead atoms. The van der Waals surface area contributed by atoms with Crippen LogP contribution in [0.5, 0.6) is 5.75 Å². The molecule has 0 atom stereocenters. The van der Waals surface area contributed by atoms with Crippen LogP contribution in [0.3, 0.4) is 0 Å². The first kappa shape index (κ1) is 17.8. The van der Waals surface area contributed by atoms with Crippen molar-refractivity contribution in [1.29, 1.82) is 0 Å². The maximum Gasteiger partial charge on any atom is 0.229 e. The van der Waals surface area contributed by atoms with E-state index in [1.165, 1.54) is 0 Å². The number of benzene rings is 1. The van der Waals surface area contributed by atoms with Crippen LogP contribution in [0.15, 0.2) is 24.3 Å². The van der Waals surface area contributed by atoms with Gasteiger partial charge in [-0.1, -0.05) is 20.8 Å². The molecule has 1 amide bonds. The Kier molecular flexibility index (Phi) is 6.02. The quantitative estimate of drug-likeness (QED) is 0.904. The van der Waals surface area contributed by atoms with E-state index in [4.69, 9.17) is 4.74 Å². The predicted octanol–water partition coefficient (Wildman–Crippen LogP) is 2.30. The Labute approximate surface area is 139 Å². The molecule has 0 saturated carbocycles. The third kappa shape index (κ3) is 5.84. The summed E-state index contributed by atoms with van der Waals surface area (Å²) < 4.78 is 5.79. The molecule has 1 aliphatic rings. The molecule has 1 fully saturated rings. The highest BCUT2D eigenvalue weighted by molar-refractivity contribution is 5.94. The van der Waals surface area contributed by atoms with Gasteiger partial charge in [0.25, 0.3) is 0 Å². The number of ether oxygens (including phenoxy) is 1. The Morgan fingerprint density at radius 2 is 1.74 bits per heavy atom. The topological polar surface area (TPSA) is 44.8 Å². The lowest BCUT2D eigenvalue weighted by Gasteiger charge is -2.32. The average molecular weight is 319 g/mol. The maximum absolute atomic E-state index is 11.9. The molecule has 0 spiro atoms. The van der Waals surface area contributed by atoms with Gasteiger partial charge in [-0.2, -0.15) is 0 Å². The molecule has 2 rings (SSSR count). The van der Waals surface area contributed by atoms with Crippen molar-refractivity contribution < 1.29 is 9.53 Å². The van der Waals surface area contributed by atoms with Crippen LogP contribution in [0.4, 0.5) is 5.69 Å². The Morgan fingerprint density at radius 1 is 1.13 bits per heavy atom. The van der Waals surface area contributed by atoms with E-state index in [1.54, 1.807) is 0 Å². The fourth-order valence-electron chi connectivity index (χ4n) is 2.32. The zero-order chi connectivity index (χ0) is 16.9. The minimum absolute atomic E-state index is 0.0150. The molecule has 1 aliphatic heterocycles. The van der Waals surface area contributed by atoms with Gasteiger partial charge in [0.1, 0.15) is 12.4 Å². The van der Waals surface area contributed by atoms with E-state index < -0.39 is 5.41 Å². The third-order valence-electron chi connectivity index (χ3n) is 4.07. The predicted molar refractivity (Wildman–Crippen MR) is 94.0 cm³/mol. The number of hydrogen-bond donors (Lipinski definition) is 1. The molecule has 0 aromatic heterocycles. The zero-order valence-electron chi connectivity index (χ0n) is 14.8. The number of likely N-dealkylation sites (N-methyl/N-ethyl adjacent to an activating group) is 1. The maximum atomic E-state index is 11.9. The standard InChI is InChI=1S/C18H29N3O2/c1-18(2,3)17(22)19-15-5-7-16(8-6-15)23-14-13-21-11-9-20(4)10-12-21/h5-8H,9-14H2,1-4H3,(H,19,22). The van der Waals surface area contributed by atoms with Crippen molar-refractivity contribution in [2.75, 3.05) is 51.7 Å². The molecule has 1 saturated heterocycles. The number of carbonyl (C=O) groups excluding carboxylic acids is 1. The molecule has 5 heteroatoms. The van der Waals surface area contributed by atoms with Crippen LogP contribution in [0.1, 0.15) is 20.8 Å². The second-order valence-corrected chi connectivity index (χ2v) is 7.22. The Balaban J connectivity index is 1.73. The molecule has 128 valence electrons. The van der Waals surface area contributed by atoms with E-state index in [-0.39, 0.29) is 5.91 Å². The van der Waals surface area contributed by atoms with Gasteiger partial charge in [0.2, 0.25) is 5.91 Å². The second-order valence-electron chi connectivity index (χ2n) is 7.22. The van der Waals surface area contributed by atoms with E-state index in [9.17, 15) is 4.79 Å². The Bertz CT molecular complexity index is 500. The van der Waals surface area contributed by atoms with E-state index >= 15 is 0 Å². The van der Waals surface area contributed by atoms with Gasteiger partial charge >= 0.3 is 0 Å². The van der Waals surface area contributed by atoms with Gasteiger partial charge in [-0.05, 0) is 31.3 Å². The van der Waals surface area contributed by atoms with E-state index in [0.29, 0.717) is 6.61 Å². The lowest BCUT2D eigenvalue weighted by molar-refractivity contribution is -0.123. The van der Waals surface area contributed by atoms with Crippen molar-refractivity contribution in [3.05, 3.63) is 24.3 Å². The monoisotopic (exact) mass is 319 g/mol. The second kappa shape index (κ2) is 7.79. The molecule has 0 aliphatic carbocycles. The summed E-state index contributed by atoms with van der Waals surface area (Å²) in [6, 6.07) is 7.58. The number of rotatable bonds is 5. The van der Waals surface area contributed by atoms with Gasteiger partial charge in [0.15, 0.2) is 0 Å². The summed E-state index contributed by atoms with van der Waals surface area (Å²) in [5, 5.41) is 2.91. The van der Waals surface area contributed by atoms with Crippen molar-refractivity contribution in [1.82, 2.24) is 9.80 Å². The SMILES string of the molecule is CN1CCN(CCOc2ccc(NC(=O)C(C)(C)C)cc2)CC1. The summed E-state index contributed by atoms with van der Waals surface area (Å²) in [7, 11) is 2.16. The molecule has 1 heterocycles. The van der Waals surface area contributed by atoms with Crippen LogP contribution < -0.4 is 10.1 Å². The molecule has 1 aromatic carbocycles. The van der Waals surface area contributed by atoms with Crippen LogP contribution in [0.2, 0.25) is 0 Å². The molecule has 23 heavy (non-hydrogen) atoms. The molecule has 1 N–H and O–H groups in total. The number of nitrogens with zero attached hydrogens (tertiary/aromatic N) is 2. The van der Waals surface area contributed by atoms with Crippen LogP contribution in [0, 0.1) is 5.41 Å². The minimum Gasteiger partial charge on any atom is -0.492 e. The zero-order valence-corrected chi connectivity index (χ0v) is 14.8. The van der Waals surface area contributed by atoms with Gasteiger partial charge in [0.05, 0.1) is 0 Å². The molecule has 1 aromatic rings. The van der Waals surface area contributed by atoms with Crippen molar-refractivity contribution in [2.45, 2.75) is 20.8 Å². The van der Waals surface area contributed by atoms with Crippen molar-refractivity contribution >= 4 is 11.6 Å². The summed E-state index contributed by atoms with van der Waals surface area (Å²) >= 11 is 0. The van der Waals surface area contributed by atoms with Crippen LogP contribution >= 0.6 is 0 Å². The van der Waals surface area contributed by atoms with Gasteiger partial charge in [-0.15, -0.1) is 0 Å². The van der Waals surface area contributed by atoms with E-state index in [1.807, 2.05) is 45.0 Å². The first-order chi connectivity index (χ1) is 10.8. The van der Waals surface area contributed by atoms with Crippen LogP contribution in [-0.4, -0.2) is 62.1 Å². The van der Waals surface area contributed by atoms with E-state index in [2.05, 4.69) is 22.2 Å². The Morgan fingerprint density at radius 3 is 2.30 bits per heavy atom. The average Bonchev–Trinajstić information content (AvgIpc) is 2.50. The summed E-state index contributed by atoms with van der Waals surface area (Å²) in [5.41, 5.74) is 0.411. The number of anilines is 1. The molecular weight excluding hydrogens is 290 g/mol. The van der Waals surface area contributed by atoms with Gasteiger partial charge in [0, 0.05) is 43.8 Å². The van der Waals surface area contributed by atoms with Crippen molar-refractivity contribution in [3.63, 3.8) is 0 Å². The number of piperazine rings is 1. The largest absolute Gasteiger partial charge is 0.492 e. The highest BCUT2D eigenvalue weighted by Crippen LogP contribution is 2.20. The summed E-state index contributed by atoms with van der Waals surface area (Å²) in [5.74, 6) is 0.856. The number of carbonyl (C=O) groups is 1. The lowest BCUT2D eigenvalue weighted by Crippen LogP contribution is -2.45. The summed E-state index contributed by atoms with van der Waals surface area (Å²) in [6.07, 6.45) is 0. The van der Waals surface area contributed by atoms with Gasteiger partial charge in [-0.3, -0.25) is 9.69 Å². The normalized spacial score (nSPS) is 17.0. The first-order valence-corrected chi connectivity index (χ1v) is 8.30. The molecule has 5 nitrogen and oxygen atoms in total. The van der Waals surface area contributed by atoms with Gasteiger partial charge in [-0.25, -0.2) is 0 Å². The van der Waals surface area contributed by atoms with Crippen LogP contribution in [0.25, 0.3) is 0 Å². The first-order valence-electron chi connectivity index (χ1n) is 8.30. The lowest BCUT2D eigenvalue weighted by atomic mass is 9.95. The number of nitrogens with one attached hydrogen (secondary N) is 1. The highest BCUT2D eigenvalue weighted by Gasteiger charge is 2.21. The molecular formula is C18H29N3O2. The smallest absolute Gasteiger partial charge is 0.229 e. The van der Waals surface area contributed by atoms with E-state index in [0.717, 1.165) is 44.2 Å². The Hall–Kier alpha value is -1.59. The molecule has 0 unspecified atom stereocenters. The minimum atomic E-state index is -0.391. The van der Waals surface area contributed by atoms with Crippen LogP contribution in [-0.2, 0) is 4.79 Å². The summed E-state index contributed by atoms with van der Waals surface area (Å²) in [6.45, 7) is 11.8. The highest BCUT2D eigenvalue weighted by atomic mass is 16.5. The number of amides is 1. The summed E-state index contributed by atoms with van der Waals surface area (Å²) in [4.78, 5) is 16.7. The third-order valence-corrected chi connectivity index (χ3v) is 4.07. The molecule has 0 radical (unpaired) electrons. The number of hydrogen-bond acceptors (Lipinski definition) is 4. The fraction of sp³-hybridized carbons (Fsp3) is 0.611. The van der Waals surface area contributed by atoms with Crippen molar-refractivity contribution in [3.8, 4) is 5.75 Å². The van der Waals surface area contributed by atoms with Crippen molar-refractivity contribution in [2.24, 2.45) is 5.41 Å².